The van der Waals surface area contributed by atoms with Crippen LogP contribution in [-0.2, 0) is 4.79 Å². The highest BCUT2D eigenvalue weighted by atomic mass is 79.9. The lowest BCUT2D eigenvalue weighted by molar-refractivity contribution is -0.132. The van der Waals surface area contributed by atoms with Crippen molar-refractivity contribution in [2.45, 2.75) is 51.5 Å². The van der Waals surface area contributed by atoms with Crippen LogP contribution in [0.4, 0.5) is 0 Å². The number of rotatable bonds is 3. The maximum atomic E-state index is 12.1. The van der Waals surface area contributed by atoms with Gasteiger partial charge in [0, 0.05) is 28.4 Å². The van der Waals surface area contributed by atoms with Crippen molar-refractivity contribution in [3.63, 3.8) is 0 Å². The Labute approximate surface area is 122 Å². The van der Waals surface area contributed by atoms with Crippen molar-refractivity contribution in [2.75, 3.05) is 6.54 Å². The summed E-state index contributed by atoms with van der Waals surface area (Å²) < 4.78 is 1.21. The lowest BCUT2D eigenvalue weighted by Crippen LogP contribution is -2.37. The molecule has 1 aliphatic heterocycles. The standard InChI is InChI=1S/C14H20BrNOS/c1-3-10(2)16-8-6-11(4-5-13(16)17)14-12(15)7-9-18-14/h7,9-11H,3-6,8H2,1-2H3. The molecule has 1 amide bonds. The van der Waals surface area contributed by atoms with Crippen molar-refractivity contribution in [1.82, 2.24) is 4.90 Å². The molecule has 2 nitrogen and oxygen atoms in total. The zero-order valence-electron chi connectivity index (χ0n) is 11.0. The van der Waals surface area contributed by atoms with Gasteiger partial charge in [0.05, 0.1) is 0 Å². The van der Waals surface area contributed by atoms with E-state index in [4.69, 9.17) is 0 Å². The highest BCUT2D eigenvalue weighted by Crippen LogP contribution is 2.37. The van der Waals surface area contributed by atoms with Gasteiger partial charge in [-0.2, -0.15) is 0 Å². The van der Waals surface area contributed by atoms with Gasteiger partial charge in [-0.25, -0.2) is 0 Å². The lowest BCUT2D eigenvalue weighted by Gasteiger charge is -2.27. The number of hydrogen-bond acceptors (Lipinski definition) is 2. The highest BCUT2D eigenvalue weighted by Gasteiger charge is 2.27. The number of thiophene rings is 1. The van der Waals surface area contributed by atoms with Gasteiger partial charge in [0.15, 0.2) is 0 Å². The average Bonchev–Trinajstić information content (AvgIpc) is 2.69. The number of carbonyl (C=O) groups is 1. The first-order valence-electron chi connectivity index (χ1n) is 6.65. The average molecular weight is 330 g/mol. The first-order valence-corrected chi connectivity index (χ1v) is 8.33. The van der Waals surface area contributed by atoms with E-state index in [1.807, 2.05) is 0 Å². The molecule has 1 aliphatic rings. The van der Waals surface area contributed by atoms with Crippen molar-refractivity contribution in [3.05, 3.63) is 20.8 Å². The van der Waals surface area contributed by atoms with Crippen LogP contribution in [0.25, 0.3) is 0 Å². The lowest BCUT2D eigenvalue weighted by atomic mass is 9.99. The van der Waals surface area contributed by atoms with Crippen molar-refractivity contribution in [3.8, 4) is 0 Å². The molecular formula is C14H20BrNOS. The summed E-state index contributed by atoms with van der Waals surface area (Å²) in [4.78, 5) is 15.6. The number of halogens is 1. The molecule has 2 heterocycles. The van der Waals surface area contributed by atoms with Crippen LogP contribution in [0.15, 0.2) is 15.9 Å². The van der Waals surface area contributed by atoms with Gasteiger partial charge in [-0.1, -0.05) is 6.92 Å². The quantitative estimate of drug-likeness (QED) is 0.804. The van der Waals surface area contributed by atoms with Gasteiger partial charge < -0.3 is 4.90 Å². The minimum Gasteiger partial charge on any atom is -0.340 e. The molecule has 18 heavy (non-hydrogen) atoms. The number of carbonyl (C=O) groups excluding carboxylic acids is 1. The fourth-order valence-corrected chi connectivity index (χ4v) is 4.42. The molecule has 1 aromatic heterocycles. The molecule has 0 saturated carbocycles. The van der Waals surface area contributed by atoms with Gasteiger partial charge in [-0.3, -0.25) is 4.79 Å². The van der Waals surface area contributed by atoms with E-state index in [1.165, 1.54) is 9.35 Å². The van der Waals surface area contributed by atoms with Crippen LogP contribution in [0.1, 0.15) is 50.3 Å². The third-order valence-electron chi connectivity index (χ3n) is 3.88. The molecule has 0 aromatic carbocycles. The van der Waals surface area contributed by atoms with Gasteiger partial charge in [0.25, 0.3) is 0 Å². The van der Waals surface area contributed by atoms with E-state index < -0.39 is 0 Å². The number of likely N-dealkylation sites (tertiary alicyclic amines) is 1. The molecule has 0 spiro atoms. The second-order valence-corrected chi connectivity index (χ2v) is 6.80. The van der Waals surface area contributed by atoms with Crippen molar-refractivity contribution in [1.29, 1.82) is 0 Å². The summed E-state index contributed by atoms with van der Waals surface area (Å²) in [7, 11) is 0. The summed E-state index contributed by atoms with van der Waals surface area (Å²) >= 11 is 5.42. The Hall–Kier alpha value is -0.350. The molecule has 1 fully saturated rings. The van der Waals surface area contributed by atoms with Crippen molar-refractivity contribution >= 4 is 33.2 Å². The summed E-state index contributed by atoms with van der Waals surface area (Å²) in [5.41, 5.74) is 0. The molecule has 1 aromatic rings. The molecular weight excluding hydrogens is 310 g/mol. The summed E-state index contributed by atoms with van der Waals surface area (Å²) in [5, 5.41) is 2.12. The van der Waals surface area contributed by atoms with E-state index in [2.05, 4.69) is 46.1 Å². The van der Waals surface area contributed by atoms with Gasteiger partial charge in [0.1, 0.15) is 0 Å². The summed E-state index contributed by atoms with van der Waals surface area (Å²) in [5.74, 6) is 0.872. The summed E-state index contributed by atoms with van der Waals surface area (Å²) in [6.07, 6.45) is 3.82. The van der Waals surface area contributed by atoms with Gasteiger partial charge in [-0.05, 0) is 59.5 Å². The van der Waals surface area contributed by atoms with E-state index in [0.29, 0.717) is 24.3 Å². The van der Waals surface area contributed by atoms with E-state index in [9.17, 15) is 4.79 Å². The Morgan fingerprint density at radius 2 is 2.33 bits per heavy atom. The Morgan fingerprint density at radius 1 is 1.56 bits per heavy atom. The van der Waals surface area contributed by atoms with Crippen LogP contribution >= 0.6 is 27.3 Å². The molecule has 2 atom stereocenters. The minimum absolute atomic E-state index is 0.333. The molecule has 100 valence electrons. The largest absolute Gasteiger partial charge is 0.340 e. The molecule has 0 radical (unpaired) electrons. The Balaban J connectivity index is 2.08. The third-order valence-corrected chi connectivity index (χ3v) is 5.92. The van der Waals surface area contributed by atoms with E-state index in [0.717, 1.165) is 25.8 Å². The normalized spacial score (nSPS) is 22.9. The minimum atomic E-state index is 0.333. The van der Waals surface area contributed by atoms with Crippen LogP contribution in [0.2, 0.25) is 0 Å². The van der Waals surface area contributed by atoms with Crippen LogP contribution in [0, 0.1) is 0 Å². The maximum absolute atomic E-state index is 12.1. The first kappa shape index (κ1) is 14.1. The Morgan fingerprint density at radius 3 is 2.94 bits per heavy atom. The van der Waals surface area contributed by atoms with Crippen LogP contribution in [-0.4, -0.2) is 23.4 Å². The zero-order valence-corrected chi connectivity index (χ0v) is 13.4. The maximum Gasteiger partial charge on any atom is 0.222 e. The Kier molecular flexibility index (Phi) is 4.84. The smallest absolute Gasteiger partial charge is 0.222 e. The second kappa shape index (κ2) is 6.20. The van der Waals surface area contributed by atoms with E-state index in [1.54, 1.807) is 11.3 Å². The fraction of sp³-hybridized carbons (Fsp3) is 0.643. The predicted octanol–water partition coefficient (Wildman–Crippen LogP) is 4.41. The van der Waals surface area contributed by atoms with Crippen LogP contribution in [0.3, 0.4) is 0 Å². The molecule has 4 heteroatoms. The van der Waals surface area contributed by atoms with Crippen molar-refractivity contribution in [2.24, 2.45) is 0 Å². The number of amides is 1. The monoisotopic (exact) mass is 329 g/mol. The molecule has 2 rings (SSSR count). The molecule has 0 bridgehead atoms. The van der Waals surface area contributed by atoms with Gasteiger partial charge in [0.2, 0.25) is 5.91 Å². The fourth-order valence-electron chi connectivity index (χ4n) is 2.55. The van der Waals surface area contributed by atoms with Crippen molar-refractivity contribution < 1.29 is 4.79 Å². The zero-order chi connectivity index (χ0) is 13.1. The number of hydrogen-bond donors (Lipinski definition) is 0. The van der Waals surface area contributed by atoms with Crippen LogP contribution < -0.4 is 0 Å². The summed E-state index contributed by atoms with van der Waals surface area (Å²) in [6.45, 7) is 5.21. The molecule has 2 unspecified atom stereocenters. The topological polar surface area (TPSA) is 20.3 Å². The second-order valence-electron chi connectivity index (χ2n) is 5.00. The molecule has 1 saturated heterocycles. The SMILES string of the molecule is CCC(C)N1CCC(c2sccc2Br)CCC1=O. The van der Waals surface area contributed by atoms with Gasteiger partial charge in [-0.15, -0.1) is 11.3 Å². The van der Waals surface area contributed by atoms with E-state index in [-0.39, 0.29) is 0 Å². The highest BCUT2D eigenvalue weighted by molar-refractivity contribution is 9.10. The van der Waals surface area contributed by atoms with Gasteiger partial charge >= 0.3 is 0 Å². The third kappa shape index (κ3) is 2.97. The molecule has 0 N–H and O–H groups in total. The first-order chi connectivity index (χ1) is 8.63. The van der Waals surface area contributed by atoms with E-state index >= 15 is 0 Å². The Bertz CT molecular complexity index is 418. The van der Waals surface area contributed by atoms with Crippen LogP contribution in [0.5, 0.6) is 0 Å². The molecule has 0 aliphatic carbocycles. The summed E-state index contributed by atoms with van der Waals surface area (Å²) in [6, 6.07) is 2.49. The number of nitrogens with zero attached hydrogens (tertiary/aromatic N) is 1. The predicted molar refractivity (Wildman–Crippen MR) is 80.1 cm³/mol.